The predicted molar refractivity (Wildman–Crippen MR) is 89.5 cm³/mol. The van der Waals surface area contributed by atoms with Gasteiger partial charge in [-0.2, -0.15) is 16.7 Å². The molecule has 1 fully saturated rings. The third-order valence-corrected chi connectivity index (χ3v) is 4.87. The molecule has 0 amide bonds. The number of rotatable bonds is 6. The van der Waals surface area contributed by atoms with Crippen LogP contribution in [0, 0.1) is 0 Å². The van der Waals surface area contributed by atoms with Crippen LogP contribution in [0.25, 0.3) is 0 Å². The predicted octanol–water partition coefficient (Wildman–Crippen LogP) is 1.93. The van der Waals surface area contributed by atoms with Crippen LogP contribution >= 0.6 is 11.8 Å². The Morgan fingerprint density at radius 3 is 2.91 bits per heavy atom. The molecule has 1 aliphatic rings. The molecule has 1 aromatic carbocycles. The highest BCUT2D eigenvalue weighted by Crippen LogP contribution is 2.28. The molecule has 1 atom stereocenters. The van der Waals surface area contributed by atoms with Crippen LogP contribution in [0.5, 0.6) is 11.5 Å². The maximum Gasteiger partial charge on any atom is 0.228 e. The minimum Gasteiger partial charge on any atom is -0.493 e. The molecule has 1 aliphatic heterocycles. The molecule has 7 heteroatoms. The van der Waals surface area contributed by atoms with Gasteiger partial charge in [-0.25, -0.2) is 0 Å². The first-order valence-corrected chi connectivity index (χ1v) is 8.77. The van der Waals surface area contributed by atoms with Gasteiger partial charge in [0.2, 0.25) is 5.89 Å². The molecule has 1 aromatic heterocycles. The lowest BCUT2D eigenvalue weighted by molar-refractivity contribution is 0.354. The molecule has 2 heterocycles. The lowest BCUT2D eigenvalue weighted by Crippen LogP contribution is -2.38. The highest BCUT2D eigenvalue weighted by atomic mass is 32.2. The van der Waals surface area contributed by atoms with Gasteiger partial charge in [0.05, 0.1) is 14.2 Å². The van der Waals surface area contributed by atoms with Crippen molar-refractivity contribution < 1.29 is 14.0 Å². The van der Waals surface area contributed by atoms with Crippen LogP contribution < -0.4 is 14.8 Å². The Bertz CT molecular complexity index is 641. The summed E-state index contributed by atoms with van der Waals surface area (Å²) in [4.78, 5) is 4.50. The van der Waals surface area contributed by atoms with Crippen molar-refractivity contribution in [2.24, 2.45) is 0 Å². The fourth-order valence-electron chi connectivity index (χ4n) is 2.58. The second-order valence-electron chi connectivity index (χ2n) is 5.40. The van der Waals surface area contributed by atoms with Crippen molar-refractivity contribution in [1.29, 1.82) is 0 Å². The number of ether oxygens (including phenoxy) is 2. The molecular formula is C16H21N3O3S. The zero-order chi connectivity index (χ0) is 16.1. The lowest BCUT2D eigenvalue weighted by Gasteiger charge is -2.21. The largest absolute Gasteiger partial charge is 0.493 e. The van der Waals surface area contributed by atoms with Gasteiger partial charge < -0.3 is 19.3 Å². The molecular weight excluding hydrogens is 314 g/mol. The molecule has 0 aliphatic carbocycles. The standard InChI is InChI=1S/C16H21N3O3S/c1-20-13-4-3-11(7-14(13)21-2)8-15-18-16(22-19-15)9-12-10-23-6-5-17-12/h3-4,7,12,17H,5-6,8-10H2,1-2H3. The number of thioether (sulfide) groups is 1. The van der Waals surface area contributed by atoms with Crippen LogP contribution in [0.4, 0.5) is 0 Å². The van der Waals surface area contributed by atoms with Crippen LogP contribution in [0.3, 0.4) is 0 Å². The van der Waals surface area contributed by atoms with Gasteiger partial charge in [0, 0.05) is 36.9 Å². The molecule has 23 heavy (non-hydrogen) atoms. The van der Waals surface area contributed by atoms with Crippen LogP contribution in [0.1, 0.15) is 17.3 Å². The second-order valence-corrected chi connectivity index (χ2v) is 6.55. The number of methoxy groups -OCH3 is 2. The first-order chi connectivity index (χ1) is 11.3. The lowest BCUT2D eigenvalue weighted by atomic mass is 10.1. The Balaban J connectivity index is 1.64. The van der Waals surface area contributed by atoms with Gasteiger partial charge in [-0.3, -0.25) is 0 Å². The third kappa shape index (κ3) is 4.17. The van der Waals surface area contributed by atoms with Crippen molar-refractivity contribution >= 4 is 11.8 Å². The number of benzene rings is 1. The molecule has 3 rings (SSSR count). The van der Waals surface area contributed by atoms with Crippen molar-refractivity contribution in [3.8, 4) is 11.5 Å². The van der Waals surface area contributed by atoms with Crippen molar-refractivity contribution in [1.82, 2.24) is 15.5 Å². The molecule has 1 unspecified atom stereocenters. The van der Waals surface area contributed by atoms with Crippen molar-refractivity contribution in [2.45, 2.75) is 18.9 Å². The fraction of sp³-hybridized carbons (Fsp3) is 0.500. The van der Waals surface area contributed by atoms with Gasteiger partial charge in [0.25, 0.3) is 0 Å². The summed E-state index contributed by atoms with van der Waals surface area (Å²) < 4.78 is 15.9. The van der Waals surface area contributed by atoms with Crippen molar-refractivity contribution in [3.05, 3.63) is 35.5 Å². The van der Waals surface area contributed by atoms with E-state index in [1.807, 2.05) is 30.0 Å². The van der Waals surface area contributed by atoms with E-state index in [1.54, 1.807) is 14.2 Å². The quantitative estimate of drug-likeness (QED) is 0.865. The van der Waals surface area contributed by atoms with Crippen LogP contribution in [0.15, 0.2) is 22.7 Å². The Hall–Kier alpha value is -1.73. The van der Waals surface area contributed by atoms with E-state index < -0.39 is 0 Å². The van der Waals surface area contributed by atoms with Gasteiger partial charge in [-0.05, 0) is 17.7 Å². The summed E-state index contributed by atoms with van der Waals surface area (Å²) in [5.41, 5.74) is 1.06. The summed E-state index contributed by atoms with van der Waals surface area (Å²) >= 11 is 1.96. The van der Waals surface area contributed by atoms with Crippen LogP contribution in [0.2, 0.25) is 0 Å². The summed E-state index contributed by atoms with van der Waals surface area (Å²) in [5.74, 6) is 5.07. The molecule has 124 valence electrons. The van der Waals surface area contributed by atoms with Crippen molar-refractivity contribution in [3.63, 3.8) is 0 Å². The Kier molecular flexibility index (Phi) is 5.40. The minimum atomic E-state index is 0.420. The molecule has 1 saturated heterocycles. The zero-order valence-corrected chi connectivity index (χ0v) is 14.2. The Morgan fingerprint density at radius 2 is 2.17 bits per heavy atom. The van der Waals surface area contributed by atoms with E-state index in [0.717, 1.165) is 24.3 Å². The average Bonchev–Trinajstić information content (AvgIpc) is 3.02. The third-order valence-electron chi connectivity index (χ3n) is 3.74. The van der Waals surface area contributed by atoms with Gasteiger partial charge >= 0.3 is 0 Å². The van der Waals surface area contributed by atoms with Gasteiger partial charge in [-0.15, -0.1) is 0 Å². The molecule has 1 N–H and O–H groups in total. The molecule has 0 saturated carbocycles. The summed E-state index contributed by atoms with van der Waals surface area (Å²) in [6.07, 6.45) is 1.39. The van der Waals surface area contributed by atoms with E-state index in [1.165, 1.54) is 5.75 Å². The first kappa shape index (κ1) is 16.1. The second kappa shape index (κ2) is 7.70. The van der Waals surface area contributed by atoms with Gasteiger partial charge in [0.1, 0.15) is 0 Å². The summed E-state index contributed by atoms with van der Waals surface area (Å²) in [7, 11) is 3.25. The topological polar surface area (TPSA) is 69.4 Å². The SMILES string of the molecule is COc1ccc(Cc2noc(CC3CSCCN3)n2)cc1OC. The van der Waals surface area contributed by atoms with Crippen molar-refractivity contribution in [2.75, 3.05) is 32.3 Å². The minimum absolute atomic E-state index is 0.420. The monoisotopic (exact) mass is 335 g/mol. The number of nitrogens with zero attached hydrogens (tertiary/aromatic N) is 2. The van der Waals surface area contributed by atoms with Crippen LogP contribution in [-0.4, -0.2) is 48.5 Å². The maximum atomic E-state index is 5.37. The Morgan fingerprint density at radius 1 is 1.30 bits per heavy atom. The van der Waals surface area contributed by atoms with E-state index in [2.05, 4.69) is 15.5 Å². The number of hydrogen-bond acceptors (Lipinski definition) is 7. The van der Waals surface area contributed by atoms with Gasteiger partial charge in [0.15, 0.2) is 17.3 Å². The van der Waals surface area contributed by atoms with E-state index in [-0.39, 0.29) is 0 Å². The zero-order valence-electron chi connectivity index (χ0n) is 13.4. The fourth-order valence-corrected chi connectivity index (χ4v) is 3.53. The molecule has 0 bridgehead atoms. The normalized spacial score (nSPS) is 17.9. The maximum absolute atomic E-state index is 5.37. The smallest absolute Gasteiger partial charge is 0.228 e. The molecule has 2 aromatic rings. The van der Waals surface area contributed by atoms with E-state index in [0.29, 0.717) is 35.7 Å². The highest BCUT2D eigenvalue weighted by Gasteiger charge is 2.17. The van der Waals surface area contributed by atoms with Gasteiger partial charge in [-0.1, -0.05) is 11.2 Å². The number of hydrogen-bond donors (Lipinski definition) is 1. The number of aromatic nitrogens is 2. The van der Waals surface area contributed by atoms with E-state index >= 15 is 0 Å². The summed E-state index contributed by atoms with van der Waals surface area (Å²) in [5, 5.41) is 7.56. The van der Waals surface area contributed by atoms with Crippen LogP contribution in [-0.2, 0) is 12.8 Å². The number of nitrogens with one attached hydrogen (secondary N) is 1. The molecule has 0 radical (unpaired) electrons. The summed E-state index contributed by atoms with van der Waals surface area (Å²) in [6, 6.07) is 6.23. The van der Waals surface area contributed by atoms with E-state index in [9.17, 15) is 0 Å². The molecule has 6 nitrogen and oxygen atoms in total. The molecule has 0 spiro atoms. The average molecular weight is 335 g/mol. The first-order valence-electron chi connectivity index (χ1n) is 7.62. The van der Waals surface area contributed by atoms with E-state index in [4.69, 9.17) is 14.0 Å². The summed E-state index contributed by atoms with van der Waals surface area (Å²) in [6.45, 7) is 1.04. The highest BCUT2D eigenvalue weighted by molar-refractivity contribution is 7.99. The Labute approximate surface area is 139 Å².